The largest absolute Gasteiger partial charge is 0.494 e. The van der Waals surface area contributed by atoms with E-state index >= 15 is 0 Å². The van der Waals surface area contributed by atoms with Crippen molar-refractivity contribution in [2.45, 2.75) is 43.8 Å². The predicted octanol–water partition coefficient (Wildman–Crippen LogP) is 3.57. The molecule has 1 aliphatic carbocycles. The van der Waals surface area contributed by atoms with E-state index in [4.69, 9.17) is 10.5 Å². The minimum absolute atomic E-state index is 0.412. The van der Waals surface area contributed by atoms with Crippen LogP contribution in [-0.4, -0.2) is 28.4 Å². The van der Waals surface area contributed by atoms with Gasteiger partial charge in [-0.25, -0.2) is 4.98 Å². The van der Waals surface area contributed by atoms with Crippen LogP contribution in [0.3, 0.4) is 0 Å². The Labute approximate surface area is 129 Å². The highest BCUT2D eigenvalue weighted by atomic mass is 32.2. The minimum atomic E-state index is 0.412. The van der Waals surface area contributed by atoms with Crippen LogP contribution in [0, 0.1) is 5.92 Å². The second kappa shape index (κ2) is 6.71. The highest BCUT2D eigenvalue weighted by molar-refractivity contribution is 7.99. The fraction of sp³-hybridized carbons (Fsp3) is 0.562. The summed E-state index contributed by atoms with van der Waals surface area (Å²) < 4.78 is 5.52. The topological polar surface area (TPSA) is 63.9 Å². The molecule has 0 bridgehead atoms. The molecule has 0 amide bonds. The van der Waals surface area contributed by atoms with E-state index in [0.29, 0.717) is 18.6 Å². The summed E-state index contributed by atoms with van der Waals surface area (Å²) in [6, 6.07) is 6.41. The van der Waals surface area contributed by atoms with E-state index in [1.807, 2.05) is 25.1 Å². The molecule has 114 valence electrons. The fourth-order valence-electron chi connectivity index (χ4n) is 3.02. The number of rotatable bonds is 6. The number of imidazole rings is 1. The molecule has 0 aliphatic heterocycles. The van der Waals surface area contributed by atoms with Gasteiger partial charge in [0.1, 0.15) is 5.75 Å². The van der Waals surface area contributed by atoms with Crippen LogP contribution in [0.2, 0.25) is 0 Å². The summed E-state index contributed by atoms with van der Waals surface area (Å²) in [5.74, 6) is 2.67. The lowest BCUT2D eigenvalue weighted by molar-refractivity contribution is 0.340. The maximum Gasteiger partial charge on any atom is 0.166 e. The van der Waals surface area contributed by atoms with E-state index in [0.717, 1.165) is 27.7 Å². The molecule has 4 nitrogen and oxygen atoms in total. The van der Waals surface area contributed by atoms with Gasteiger partial charge in [-0.05, 0) is 44.2 Å². The Kier molecular flexibility index (Phi) is 4.70. The molecular weight excluding hydrogens is 282 g/mol. The average molecular weight is 305 g/mol. The van der Waals surface area contributed by atoms with Crippen LogP contribution in [0.25, 0.3) is 11.0 Å². The number of nitrogens with two attached hydrogens (primary N) is 1. The van der Waals surface area contributed by atoms with Crippen molar-refractivity contribution in [1.82, 2.24) is 9.97 Å². The van der Waals surface area contributed by atoms with Gasteiger partial charge >= 0.3 is 0 Å². The molecule has 0 saturated heterocycles. The molecule has 3 N–H and O–H groups in total. The van der Waals surface area contributed by atoms with Crippen LogP contribution in [0.4, 0.5) is 0 Å². The summed E-state index contributed by atoms with van der Waals surface area (Å²) in [5.41, 5.74) is 8.16. The van der Waals surface area contributed by atoms with Gasteiger partial charge in [0.2, 0.25) is 0 Å². The van der Waals surface area contributed by atoms with Crippen LogP contribution >= 0.6 is 11.8 Å². The number of fused-ring (bicyclic) bond motifs is 1. The number of hydrogen-bond acceptors (Lipinski definition) is 4. The van der Waals surface area contributed by atoms with Gasteiger partial charge in [-0.2, -0.15) is 0 Å². The molecule has 1 heterocycles. The molecule has 2 unspecified atom stereocenters. The molecule has 2 atom stereocenters. The highest BCUT2D eigenvalue weighted by Gasteiger charge is 2.23. The molecule has 1 aromatic heterocycles. The van der Waals surface area contributed by atoms with Crippen molar-refractivity contribution in [3.63, 3.8) is 0 Å². The third kappa shape index (κ3) is 3.52. The third-order valence-corrected chi connectivity index (χ3v) is 5.09. The SMILES string of the molecule is CCOc1ccc2nc(SCCC3CCCC3N)[nH]c2c1. The lowest BCUT2D eigenvalue weighted by Crippen LogP contribution is -2.24. The second-order valence-electron chi connectivity index (χ2n) is 5.65. The number of benzene rings is 1. The molecule has 1 aromatic carbocycles. The van der Waals surface area contributed by atoms with Gasteiger partial charge in [0.05, 0.1) is 17.6 Å². The lowest BCUT2D eigenvalue weighted by Gasteiger charge is -2.13. The van der Waals surface area contributed by atoms with Gasteiger partial charge in [0.15, 0.2) is 5.16 Å². The first-order valence-electron chi connectivity index (χ1n) is 7.77. The predicted molar refractivity (Wildman–Crippen MR) is 87.9 cm³/mol. The molecule has 5 heteroatoms. The first-order chi connectivity index (χ1) is 10.3. The van der Waals surface area contributed by atoms with Crippen molar-refractivity contribution in [1.29, 1.82) is 0 Å². The molecule has 1 fully saturated rings. The molecular formula is C16H23N3OS. The van der Waals surface area contributed by atoms with Crippen LogP contribution in [0.15, 0.2) is 23.4 Å². The van der Waals surface area contributed by atoms with Gasteiger partial charge in [0.25, 0.3) is 0 Å². The maximum atomic E-state index is 6.12. The van der Waals surface area contributed by atoms with Gasteiger partial charge in [-0.1, -0.05) is 18.2 Å². The van der Waals surface area contributed by atoms with Crippen molar-refractivity contribution in [3.05, 3.63) is 18.2 Å². The second-order valence-corrected chi connectivity index (χ2v) is 6.73. The zero-order valence-corrected chi connectivity index (χ0v) is 13.3. The summed E-state index contributed by atoms with van der Waals surface area (Å²) in [7, 11) is 0. The summed E-state index contributed by atoms with van der Waals surface area (Å²) in [6.45, 7) is 2.68. The van der Waals surface area contributed by atoms with Gasteiger partial charge < -0.3 is 15.5 Å². The Bertz CT molecular complexity index is 598. The van der Waals surface area contributed by atoms with E-state index in [-0.39, 0.29) is 0 Å². The quantitative estimate of drug-likeness (QED) is 0.801. The molecule has 0 radical (unpaired) electrons. The number of aromatic nitrogens is 2. The van der Waals surface area contributed by atoms with Crippen LogP contribution in [-0.2, 0) is 0 Å². The smallest absolute Gasteiger partial charge is 0.166 e. The average Bonchev–Trinajstić information content (AvgIpc) is 3.05. The summed E-state index contributed by atoms with van der Waals surface area (Å²) in [6.07, 6.45) is 4.97. The van der Waals surface area contributed by atoms with Crippen molar-refractivity contribution in [2.75, 3.05) is 12.4 Å². The normalized spacial score (nSPS) is 22.0. The van der Waals surface area contributed by atoms with Crippen molar-refractivity contribution in [2.24, 2.45) is 11.7 Å². The van der Waals surface area contributed by atoms with E-state index < -0.39 is 0 Å². The van der Waals surface area contributed by atoms with Crippen molar-refractivity contribution in [3.8, 4) is 5.75 Å². The van der Waals surface area contributed by atoms with Gasteiger partial charge in [-0.3, -0.25) is 0 Å². The Morgan fingerprint density at radius 2 is 2.33 bits per heavy atom. The van der Waals surface area contributed by atoms with Crippen molar-refractivity contribution < 1.29 is 4.74 Å². The minimum Gasteiger partial charge on any atom is -0.494 e. The van der Waals surface area contributed by atoms with E-state index in [2.05, 4.69) is 9.97 Å². The summed E-state index contributed by atoms with van der Waals surface area (Å²) in [4.78, 5) is 7.99. The number of ether oxygens (including phenoxy) is 1. The summed E-state index contributed by atoms with van der Waals surface area (Å²) >= 11 is 1.79. The van der Waals surface area contributed by atoms with Gasteiger partial charge in [0, 0.05) is 17.9 Å². The van der Waals surface area contributed by atoms with E-state index in [1.165, 1.54) is 25.7 Å². The first kappa shape index (κ1) is 14.7. The third-order valence-electron chi connectivity index (χ3n) is 4.19. The van der Waals surface area contributed by atoms with Crippen LogP contribution in [0.5, 0.6) is 5.75 Å². The number of nitrogens with one attached hydrogen (secondary N) is 1. The molecule has 1 aliphatic rings. The highest BCUT2D eigenvalue weighted by Crippen LogP contribution is 2.30. The van der Waals surface area contributed by atoms with E-state index in [9.17, 15) is 0 Å². The first-order valence-corrected chi connectivity index (χ1v) is 8.75. The monoisotopic (exact) mass is 305 g/mol. The molecule has 21 heavy (non-hydrogen) atoms. The Morgan fingerprint density at radius 1 is 1.43 bits per heavy atom. The Hall–Kier alpha value is -1.20. The van der Waals surface area contributed by atoms with E-state index in [1.54, 1.807) is 11.8 Å². The van der Waals surface area contributed by atoms with Gasteiger partial charge in [-0.15, -0.1) is 0 Å². The Balaban J connectivity index is 1.59. The lowest BCUT2D eigenvalue weighted by atomic mass is 10.0. The molecule has 1 saturated carbocycles. The maximum absolute atomic E-state index is 6.12. The fourth-order valence-corrected chi connectivity index (χ4v) is 3.98. The number of H-pyrrole nitrogens is 1. The van der Waals surface area contributed by atoms with Crippen LogP contribution in [0.1, 0.15) is 32.6 Å². The zero-order valence-electron chi connectivity index (χ0n) is 12.5. The number of nitrogens with zero attached hydrogens (tertiary/aromatic N) is 1. The standard InChI is InChI=1S/C16H23N3OS/c1-2-20-12-6-7-14-15(10-12)19-16(18-14)21-9-8-11-4-3-5-13(11)17/h6-7,10-11,13H,2-5,8-9,17H2,1H3,(H,18,19). The van der Waals surface area contributed by atoms with Crippen LogP contribution < -0.4 is 10.5 Å². The summed E-state index contributed by atoms with van der Waals surface area (Å²) in [5, 5.41) is 0.991. The zero-order chi connectivity index (χ0) is 14.7. The Morgan fingerprint density at radius 3 is 3.10 bits per heavy atom. The molecule has 3 rings (SSSR count). The number of hydrogen-bond donors (Lipinski definition) is 2. The van der Waals surface area contributed by atoms with Crippen molar-refractivity contribution >= 4 is 22.8 Å². The molecule has 0 spiro atoms. The molecule has 2 aromatic rings. The number of aromatic amines is 1. The number of thioether (sulfide) groups is 1.